The molecule has 1 saturated heterocycles. The van der Waals surface area contributed by atoms with E-state index < -0.39 is 11.6 Å². The van der Waals surface area contributed by atoms with Gasteiger partial charge in [0.1, 0.15) is 0 Å². The number of ether oxygens (including phenoxy) is 2. The van der Waals surface area contributed by atoms with Gasteiger partial charge >= 0.3 is 5.97 Å². The molecule has 7 heteroatoms. The second-order valence-electron chi connectivity index (χ2n) is 3.54. The van der Waals surface area contributed by atoms with Crippen molar-refractivity contribution in [3.05, 3.63) is 11.7 Å². The van der Waals surface area contributed by atoms with E-state index in [1.54, 1.807) is 0 Å². The van der Waals surface area contributed by atoms with Gasteiger partial charge in [0.05, 0.1) is 0 Å². The van der Waals surface area contributed by atoms with Crippen molar-refractivity contribution in [2.45, 2.75) is 18.4 Å². The van der Waals surface area contributed by atoms with Crippen LogP contribution in [0, 0.1) is 0 Å². The zero-order chi connectivity index (χ0) is 11.6. The van der Waals surface area contributed by atoms with E-state index in [0.29, 0.717) is 26.1 Å². The van der Waals surface area contributed by atoms with Gasteiger partial charge in [0.25, 0.3) is 11.7 Å². The summed E-state index contributed by atoms with van der Waals surface area (Å²) in [6.45, 7) is 1.05. The summed E-state index contributed by atoms with van der Waals surface area (Å²) in [4.78, 5) is 14.5. The molecule has 0 spiro atoms. The van der Waals surface area contributed by atoms with Crippen LogP contribution in [0.3, 0.4) is 0 Å². The smallest absolute Gasteiger partial charge is 0.377 e. The maximum atomic E-state index is 10.6. The number of carbonyl (C=O) groups is 1. The highest BCUT2D eigenvalue weighted by atomic mass is 16.5. The van der Waals surface area contributed by atoms with Gasteiger partial charge in [-0.2, -0.15) is 4.98 Å². The Morgan fingerprint density at radius 3 is 2.69 bits per heavy atom. The summed E-state index contributed by atoms with van der Waals surface area (Å²) in [5, 5.41) is 12.1. The first-order valence-electron chi connectivity index (χ1n) is 4.88. The van der Waals surface area contributed by atoms with Gasteiger partial charge in [-0.25, -0.2) is 4.79 Å². The summed E-state index contributed by atoms with van der Waals surface area (Å²) in [5.41, 5.74) is -0.709. The third kappa shape index (κ3) is 1.79. The van der Waals surface area contributed by atoms with Crippen LogP contribution in [0.25, 0.3) is 0 Å². The SMILES string of the molecule is COC1(c2nc(C(=O)O)no2)CCOCC1. The Labute approximate surface area is 91.3 Å². The van der Waals surface area contributed by atoms with Crippen LogP contribution in [0.4, 0.5) is 0 Å². The first-order valence-corrected chi connectivity index (χ1v) is 4.88. The molecule has 1 N–H and O–H groups in total. The summed E-state index contributed by atoms with van der Waals surface area (Å²) >= 11 is 0. The fraction of sp³-hybridized carbons (Fsp3) is 0.667. The number of rotatable bonds is 3. The quantitative estimate of drug-likeness (QED) is 0.800. The van der Waals surface area contributed by atoms with Gasteiger partial charge in [-0.1, -0.05) is 0 Å². The van der Waals surface area contributed by atoms with Gasteiger partial charge in [-0.05, 0) is 5.16 Å². The van der Waals surface area contributed by atoms with Crippen molar-refractivity contribution in [3.8, 4) is 0 Å². The maximum absolute atomic E-state index is 10.6. The molecule has 0 radical (unpaired) electrons. The maximum Gasteiger partial charge on any atom is 0.377 e. The van der Waals surface area contributed by atoms with E-state index in [9.17, 15) is 4.79 Å². The van der Waals surface area contributed by atoms with Gasteiger partial charge in [-0.3, -0.25) is 0 Å². The van der Waals surface area contributed by atoms with Crippen molar-refractivity contribution in [1.29, 1.82) is 0 Å². The van der Waals surface area contributed by atoms with E-state index in [1.807, 2.05) is 0 Å². The first-order chi connectivity index (χ1) is 7.68. The Balaban J connectivity index is 2.28. The molecule has 2 heterocycles. The van der Waals surface area contributed by atoms with Crippen molar-refractivity contribution in [2.75, 3.05) is 20.3 Å². The predicted molar refractivity (Wildman–Crippen MR) is 50.0 cm³/mol. The number of hydrogen-bond acceptors (Lipinski definition) is 6. The normalized spacial score (nSPS) is 19.6. The third-order valence-corrected chi connectivity index (χ3v) is 2.70. The van der Waals surface area contributed by atoms with E-state index in [0.717, 1.165) is 0 Å². The second-order valence-corrected chi connectivity index (χ2v) is 3.54. The number of aromatic nitrogens is 2. The molecule has 0 aliphatic carbocycles. The van der Waals surface area contributed by atoms with E-state index in [4.69, 9.17) is 19.1 Å². The number of aromatic carboxylic acids is 1. The van der Waals surface area contributed by atoms with Gasteiger partial charge in [-0.15, -0.1) is 0 Å². The van der Waals surface area contributed by atoms with Gasteiger partial charge < -0.3 is 19.1 Å². The largest absolute Gasteiger partial charge is 0.475 e. The molecule has 1 aromatic heterocycles. The Bertz CT molecular complexity index is 383. The highest BCUT2D eigenvalue weighted by Gasteiger charge is 2.40. The monoisotopic (exact) mass is 228 g/mol. The Morgan fingerprint density at radius 2 is 2.19 bits per heavy atom. The molecule has 88 valence electrons. The van der Waals surface area contributed by atoms with Crippen molar-refractivity contribution in [2.24, 2.45) is 0 Å². The zero-order valence-electron chi connectivity index (χ0n) is 8.80. The fourth-order valence-corrected chi connectivity index (χ4v) is 1.70. The number of carboxylic acids is 1. The minimum Gasteiger partial charge on any atom is -0.475 e. The van der Waals surface area contributed by atoms with E-state index in [-0.39, 0.29) is 11.7 Å². The van der Waals surface area contributed by atoms with E-state index in [2.05, 4.69) is 10.1 Å². The molecule has 0 amide bonds. The lowest BCUT2D eigenvalue weighted by atomic mass is 9.94. The zero-order valence-corrected chi connectivity index (χ0v) is 8.80. The predicted octanol–water partition coefficient (Wildman–Crippen LogP) is 0.420. The standard InChI is InChI=1S/C9H12N2O5/c1-14-9(2-4-15-5-3-9)8-10-6(7(12)13)11-16-8/h2-5H2,1H3,(H,12,13). The molecule has 0 saturated carbocycles. The molecule has 0 unspecified atom stereocenters. The molecule has 1 aromatic rings. The van der Waals surface area contributed by atoms with Crippen molar-refractivity contribution < 1.29 is 23.9 Å². The van der Waals surface area contributed by atoms with Crippen LogP contribution in [0.1, 0.15) is 29.4 Å². The molecule has 1 aliphatic heterocycles. The lowest BCUT2D eigenvalue weighted by Crippen LogP contribution is -2.36. The number of methoxy groups -OCH3 is 1. The molecule has 0 aromatic carbocycles. The topological polar surface area (TPSA) is 94.7 Å². The van der Waals surface area contributed by atoms with E-state index >= 15 is 0 Å². The molecule has 16 heavy (non-hydrogen) atoms. The Kier molecular flexibility index (Phi) is 2.88. The van der Waals surface area contributed by atoms with Crippen LogP contribution in [0.2, 0.25) is 0 Å². The van der Waals surface area contributed by atoms with Crippen LogP contribution < -0.4 is 0 Å². The summed E-state index contributed by atoms with van der Waals surface area (Å²) in [6, 6.07) is 0. The lowest BCUT2D eigenvalue weighted by Gasteiger charge is -2.32. The minimum absolute atomic E-state index is 0.204. The van der Waals surface area contributed by atoms with Gasteiger partial charge in [0.15, 0.2) is 5.60 Å². The molecular weight excluding hydrogens is 216 g/mol. The molecule has 1 fully saturated rings. The molecule has 0 bridgehead atoms. The summed E-state index contributed by atoms with van der Waals surface area (Å²) in [7, 11) is 1.54. The molecular formula is C9H12N2O5. The summed E-state index contributed by atoms with van der Waals surface area (Å²) < 4.78 is 15.5. The highest BCUT2D eigenvalue weighted by Crippen LogP contribution is 2.34. The van der Waals surface area contributed by atoms with Crippen LogP contribution in [-0.4, -0.2) is 41.5 Å². The van der Waals surface area contributed by atoms with Crippen molar-refractivity contribution in [1.82, 2.24) is 10.1 Å². The highest BCUT2D eigenvalue weighted by molar-refractivity contribution is 5.82. The van der Waals surface area contributed by atoms with Crippen LogP contribution >= 0.6 is 0 Å². The second kappa shape index (κ2) is 4.18. The Morgan fingerprint density at radius 1 is 1.50 bits per heavy atom. The van der Waals surface area contributed by atoms with Crippen molar-refractivity contribution >= 4 is 5.97 Å². The minimum atomic E-state index is -1.21. The average Bonchev–Trinajstić information content (AvgIpc) is 2.80. The molecule has 2 rings (SSSR count). The lowest BCUT2D eigenvalue weighted by molar-refractivity contribution is -0.111. The van der Waals surface area contributed by atoms with Gasteiger partial charge in [0, 0.05) is 33.2 Å². The molecule has 7 nitrogen and oxygen atoms in total. The van der Waals surface area contributed by atoms with Crippen LogP contribution in [0.15, 0.2) is 4.52 Å². The molecule has 0 atom stereocenters. The van der Waals surface area contributed by atoms with Crippen LogP contribution in [0.5, 0.6) is 0 Å². The summed E-state index contributed by atoms with van der Waals surface area (Å²) in [6.07, 6.45) is 1.15. The van der Waals surface area contributed by atoms with Crippen molar-refractivity contribution in [3.63, 3.8) is 0 Å². The number of hydrogen-bond donors (Lipinski definition) is 1. The first kappa shape index (κ1) is 11.0. The Hall–Kier alpha value is -1.47. The van der Waals surface area contributed by atoms with Crippen LogP contribution in [-0.2, 0) is 15.1 Å². The average molecular weight is 228 g/mol. The number of nitrogens with zero attached hydrogens (tertiary/aromatic N) is 2. The number of carboxylic acid groups (broad SMARTS) is 1. The van der Waals surface area contributed by atoms with Gasteiger partial charge in [0.2, 0.25) is 0 Å². The fourth-order valence-electron chi connectivity index (χ4n) is 1.70. The summed E-state index contributed by atoms with van der Waals surface area (Å²) in [5.74, 6) is -1.36. The van der Waals surface area contributed by atoms with E-state index in [1.165, 1.54) is 7.11 Å². The third-order valence-electron chi connectivity index (χ3n) is 2.70. The molecule has 1 aliphatic rings.